The zero-order chi connectivity index (χ0) is 13.0. The number of carbonyl (C=O) groups excluding carboxylic acids is 1. The van der Waals surface area contributed by atoms with Gasteiger partial charge in [0.1, 0.15) is 0 Å². The van der Waals surface area contributed by atoms with Crippen molar-refractivity contribution in [2.75, 3.05) is 7.05 Å². The van der Waals surface area contributed by atoms with Crippen molar-refractivity contribution < 1.29 is 15.0 Å². The largest absolute Gasteiger partial charge is 0.504 e. The van der Waals surface area contributed by atoms with Gasteiger partial charge in [0.15, 0.2) is 11.5 Å². The third-order valence-corrected chi connectivity index (χ3v) is 3.06. The Morgan fingerprint density at radius 3 is 2.41 bits per heavy atom. The Morgan fingerprint density at radius 1 is 1.29 bits per heavy atom. The number of amides is 1. The van der Waals surface area contributed by atoms with E-state index in [-0.39, 0.29) is 29.0 Å². The molecular weight excluding hydrogens is 218 g/mol. The summed E-state index contributed by atoms with van der Waals surface area (Å²) < 4.78 is 0. The summed E-state index contributed by atoms with van der Waals surface area (Å²) in [5.41, 5.74) is 0.138. The molecule has 1 amide bonds. The quantitative estimate of drug-likeness (QED) is 0.790. The molecule has 94 valence electrons. The second kappa shape index (κ2) is 5.57. The van der Waals surface area contributed by atoms with E-state index in [2.05, 4.69) is 0 Å². The standard InChI is InChI=1S/C13H19NO3/c1-4-9(5-2)14(3)13(17)10-7-6-8-11(15)12(10)16/h6-9,15-16H,4-5H2,1-3H3. The van der Waals surface area contributed by atoms with Crippen LogP contribution >= 0.6 is 0 Å². The number of phenols is 2. The summed E-state index contributed by atoms with van der Waals surface area (Å²) in [6.07, 6.45) is 1.72. The van der Waals surface area contributed by atoms with Gasteiger partial charge in [-0.2, -0.15) is 0 Å². The minimum absolute atomic E-state index is 0.138. The van der Waals surface area contributed by atoms with Gasteiger partial charge < -0.3 is 15.1 Å². The maximum absolute atomic E-state index is 12.1. The van der Waals surface area contributed by atoms with Crippen molar-refractivity contribution in [2.24, 2.45) is 0 Å². The zero-order valence-electron chi connectivity index (χ0n) is 10.5. The number of phenolic OH excluding ortho intramolecular Hbond substituents is 2. The Kier molecular flexibility index (Phi) is 4.37. The fourth-order valence-electron chi connectivity index (χ4n) is 1.90. The number of carbonyl (C=O) groups is 1. The fourth-order valence-corrected chi connectivity index (χ4v) is 1.90. The van der Waals surface area contributed by atoms with Gasteiger partial charge in [-0.1, -0.05) is 19.9 Å². The molecule has 4 heteroatoms. The van der Waals surface area contributed by atoms with Gasteiger partial charge >= 0.3 is 0 Å². The summed E-state index contributed by atoms with van der Waals surface area (Å²) in [6.45, 7) is 4.03. The van der Waals surface area contributed by atoms with E-state index in [1.54, 1.807) is 18.0 Å². The minimum atomic E-state index is -0.352. The van der Waals surface area contributed by atoms with Crippen molar-refractivity contribution in [3.05, 3.63) is 23.8 Å². The van der Waals surface area contributed by atoms with Gasteiger partial charge in [-0.25, -0.2) is 0 Å². The number of nitrogens with zero attached hydrogens (tertiary/aromatic N) is 1. The van der Waals surface area contributed by atoms with E-state index in [1.807, 2.05) is 13.8 Å². The van der Waals surface area contributed by atoms with E-state index >= 15 is 0 Å². The lowest BCUT2D eigenvalue weighted by Gasteiger charge is -2.26. The predicted octanol–water partition coefficient (Wildman–Crippen LogP) is 2.36. The molecule has 0 bridgehead atoms. The van der Waals surface area contributed by atoms with Crippen LogP contribution in [0.4, 0.5) is 0 Å². The molecule has 0 saturated carbocycles. The Labute approximate surface area is 101 Å². The smallest absolute Gasteiger partial charge is 0.257 e. The number of hydrogen-bond donors (Lipinski definition) is 2. The Bertz CT molecular complexity index is 400. The molecule has 0 spiro atoms. The molecular formula is C13H19NO3. The molecule has 0 radical (unpaired) electrons. The fraction of sp³-hybridized carbons (Fsp3) is 0.462. The number of aromatic hydroxyl groups is 2. The van der Waals surface area contributed by atoms with E-state index in [9.17, 15) is 15.0 Å². The molecule has 0 fully saturated rings. The molecule has 0 atom stereocenters. The zero-order valence-corrected chi connectivity index (χ0v) is 10.5. The topological polar surface area (TPSA) is 60.8 Å². The lowest BCUT2D eigenvalue weighted by molar-refractivity contribution is 0.0720. The Balaban J connectivity index is 3.00. The summed E-state index contributed by atoms with van der Waals surface area (Å²) in [7, 11) is 1.71. The Morgan fingerprint density at radius 2 is 1.88 bits per heavy atom. The second-order valence-electron chi connectivity index (χ2n) is 4.06. The van der Waals surface area contributed by atoms with Gasteiger partial charge in [-0.3, -0.25) is 4.79 Å². The number of benzene rings is 1. The van der Waals surface area contributed by atoms with Crippen LogP contribution in [0.2, 0.25) is 0 Å². The third-order valence-electron chi connectivity index (χ3n) is 3.06. The SMILES string of the molecule is CCC(CC)N(C)C(=O)c1cccc(O)c1O. The third kappa shape index (κ3) is 2.70. The minimum Gasteiger partial charge on any atom is -0.504 e. The van der Waals surface area contributed by atoms with Crippen molar-refractivity contribution in [1.29, 1.82) is 0 Å². The summed E-state index contributed by atoms with van der Waals surface area (Å²) >= 11 is 0. The number of rotatable bonds is 4. The van der Waals surface area contributed by atoms with E-state index < -0.39 is 0 Å². The lowest BCUT2D eigenvalue weighted by atomic mass is 10.1. The normalized spacial score (nSPS) is 10.6. The highest BCUT2D eigenvalue weighted by molar-refractivity contribution is 5.97. The highest BCUT2D eigenvalue weighted by Gasteiger charge is 2.21. The predicted molar refractivity (Wildman–Crippen MR) is 66.2 cm³/mol. The van der Waals surface area contributed by atoms with E-state index in [0.29, 0.717) is 0 Å². The van der Waals surface area contributed by atoms with Gasteiger partial charge in [-0.05, 0) is 25.0 Å². The Hall–Kier alpha value is -1.71. The van der Waals surface area contributed by atoms with Gasteiger partial charge in [0.05, 0.1) is 5.56 Å². The van der Waals surface area contributed by atoms with Crippen molar-refractivity contribution in [2.45, 2.75) is 32.7 Å². The van der Waals surface area contributed by atoms with Crippen molar-refractivity contribution >= 4 is 5.91 Å². The summed E-state index contributed by atoms with van der Waals surface area (Å²) in [5.74, 6) is -0.892. The van der Waals surface area contributed by atoms with Crippen LogP contribution in [-0.2, 0) is 0 Å². The molecule has 2 N–H and O–H groups in total. The molecule has 1 aromatic rings. The van der Waals surface area contributed by atoms with Gasteiger partial charge in [0.2, 0.25) is 0 Å². The van der Waals surface area contributed by atoms with Gasteiger partial charge in [0.25, 0.3) is 5.91 Å². The molecule has 1 rings (SSSR count). The summed E-state index contributed by atoms with van der Waals surface area (Å²) in [6, 6.07) is 4.55. The summed E-state index contributed by atoms with van der Waals surface area (Å²) in [4.78, 5) is 13.7. The van der Waals surface area contributed by atoms with Crippen LogP contribution in [0, 0.1) is 0 Å². The highest BCUT2D eigenvalue weighted by atomic mass is 16.3. The molecule has 17 heavy (non-hydrogen) atoms. The average Bonchev–Trinajstić information content (AvgIpc) is 2.33. The molecule has 0 aliphatic heterocycles. The second-order valence-corrected chi connectivity index (χ2v) is 4.06. The molecule has 4 nitrogen and oxygen atoms in total. The van der Waals surface area contributed by atoms with Gasteiger partial charge in [0, 0.05) is 13.1 Å². The first kappa shape index (κ1) is 13.4. The van der Waals surface area contributed by atoms with Crippen LogP contribution in [0.1, 0.15) is 37.0 Å². The average molecular weight is 237 g/mol. The lowest BCUT2D eigenvalue weighted by Crippen LogP contribution is -2.36. The molecule has 0 aliphatic rings. The maximum Gasteiger partial charge on any atom is 0.257 e. The first-order valence-electron chi connectivity index (χ1n) is 5.81. The van der Waals surface area contributed by atoms with Crippen molar-refractivity contribution in [3.63, 3.8) is 0 Å². The molecule has 0 aromatic heterocycles. The van der Waals surface area contributed by atoms with Crippen LogP contribution in [0.25, 0.3) is 0 Å². The van der Waals surface area contributed by atoms with Crippen molar-refractivity contribution in [3.8, 4) is 11.5 Å². The maximum atomic E-state index is 12.1. The van der Waals surface area contributed by atoms with Crippen LogP contribution in [0.5, 0.6) is 11.5 Å². The highest BCUT2D eigenvalue weighted by Crippen LogP contribution is 2.29. The van der Waals surface area contributed by atoms with Crippen LogP contribution in [0.3, 0.4) is 0 Å². The van der Waals surface area contributed by atoms with Crippen molar-refractivity contribution in [1.82, 2.24) is 4.90 Å². The van der Waals surface area contributed by atoms with Crippen LogP contribution in [-0.4, -0.2) is 34.1 Å². The first-order valence-corrected chi connectivity index (χ1v) is 5.81. The molecule has 0 heterocycles. The number of para-hydroxylation sites is 1. The molecule has 0 aliphatic carbocycles. The van der Waals surface area contributed by atoms with E-state index in [0.717, 1.165) is 12.8 Å². The van der Waals surface area contributed by atoms with Crippen LogP contribution < -0.4 is 0 Å². The molecule has 0 saturated heterocycles. The van der Waals surface area contributed by atoms with Gasteiger partial charge in [-0.15, -0.1) is 0 Å². The monoisotopic (exact) mass is 237 g/mol. The number of hydrogen-bond acceptors (Lipinski definition) is 3. The van der Waals surface area contributed by atoms with Crippen LogP contribution in [0.15, 0.2) is 18.2 Å². The molecule has 1 aromatic carbocycles. The summed E-state index contributed by atoms with van der Waals surface area (Å²) in [5, 5.41) is 19.0. The van der Waals surface area contributed by atoms with E-state index in [4.69, 9.17) is 0 Å². The molecule has 0 unspecified atom stereocenters. The van der Waals surface area contributed by atoms with E-state index in [1.165, 1.54) is 12.1 Å². The first-order chi connectivity index (χ1) is 8.02.